The average Bonchev–Trinajstić information content (AvgIpc) is 2.58. The maximum absolute atomic E-state index is 13.2. The van der Waals surface area contributed by atoms with Gasteiger partial charge < -0.3 is 9.84 Å². The highest BCUT2D eigenvalue weighted by atomic mass is 19.2. The first-order valence-corrected chi connectivity index (χ1v) is 5.30. The Morgan fingerprint density at radius 1 is 1.31 bits per heavy atom. The molecule has 1 aromatic carbocycles. The molecule has 1 aliphatic heterocycles. The van der Waals surface area contributed by atoms with Crippen molar-refractivity contribution in [1.82, 2.24) is 0 Å². The minimum absolute atomic E-state index is 0.0671. The van der Waals surface area contributed by atoms with E-state index in [1.165, 1.54) is 6.07 Å². The summed E-state index contributed by atoms with van der Waals surface area (Å²) in [5.41, 5.74) is 0.427. The molecule has 1 saturated heterocycles. The average molecular weight is 228 g/mol. The molecule has 2 nitrogen and oxygen atoms in total. The Hall–Kier alpha value is -1.16. The molecule has 4 heteroatoms. The summed E-state index contributed by atoms with van der Waals surface area (Å²) >= 11 is 0. The van der Waals surface area contributed by atoms with Crippen LogP contribution in [0.1, 0.15) is 25.3 Å². The predicted molar refractivity (Wildman–Crippen MR) is 55.3 cm³/mol. The molecule has 88 valence electrons. The Bertz CT molecular complexity index is 406. The Kier molecular flexibility index (Phi) is 2.84. The molecule has 0 spiro atoms. The Balaban J connectivity index is 2.38. The molecule has 1 fully saturated rings. The second-order valence-corrected chi connectivity index (χ2v) is 4.30. The van der Waals surface area contributed by atoms with Crippen LogP contribution in [0.4, 0.5) is 8.78 Å². The topological polar surface area (TPSA) is 29.5 Å². The number of halogens is 2. The fourth-order valence-corrected chi connectivity index (χ4v) is 2.11. The first-order chi connectivity index (χ1) is 7.52. The van der Waals surface area contributed by atoms with E-state index < -0.39 is 17.4 Å². The van der Waals surface area contributed by atoms with E-state index in [4.69, 9.17) is 4.74 Å². The largest absolute Gasteiger partial charge is 0.505 e. The van der Waals surface area contributed by atoms with Crippen LogP contribution in [0.5, 0.6) is 5.75 Å². The van der Waals surface area contributed by atoms with E-state index in [1.807, 2.05) is 13.8 Å². The van der Waals surface area contributed by atoms with Crippen molar-refractivity contribution in [2.24, 2.45) is 5.92 Å². The van der Waals surface area contributed by atoms with Gasteiger partial charge in [-0.3, -0.25) is 0 Å². The zero-order valence-electron chi connectivity index (χ0n) is 9.21. The molecular weight excluding hydrogens is 214 g/mol. The minimum Gasteiger partial charge on any atom is -0.505 e. The summed E-state index contributed by atoms with van der Waals surface area (Å²) in [6.07, 6.45) is 0.0671. The maximum Gasteiger partial charge on any atom is 0.200 e. The quantitative estimate of drug-likeness (QED) is 0.800. The van der Waals surface area contributed by atoms with Crippen LogP contribution >= 0.6 is 0 Å². The molecule has 16 heavy (non-hydrogen) atoms. The molecule has 1 aliphatic rings. The third-order valence-electron chi connectivity index (χ3n) is 3.41. The highest BCUT2D eigenvalue weighted by Crippen LogP contribution is 2.39. The lowest BCUT2D eigenvalue weighted by atomic mass is 9.86. The summed E-state index contributed by atoms with van der Waals surface area (Å²) in [7, 11) is 0. The van der Waals surface area contributed by atoms with Crippen molar-refractivity contribution in [2.75, 3.05) is 6.61 Å². The first-order valence-electron chi connectivity index (χ1n) is 5.30. The fraction of sp³-hybridized carbons (Fsp3) is 0.500. The number of phenols is 1. The van der Waals surface area contributed by atoms with Crippen LogP contribution < -0.4 is 0 Å². The molecule has 2 rings (SSSR count). The van der Waals surface area contributed by atoms with Crippen molar-refractivity contribution in [1.29, 1.82) is 0 Å². The summed E-state index contributed by atoms with van der Waals surface area (Å²) < 4.78 is 31.5. The summed E-state index contributed by atoms with van der Waals surface area (Å²) in [4.78, 5) is 0. The van der Waals surface area contributed by atoms with Crippen molar-refractivity contribution in [3.05, 3.63) is 29.3 Å². The Labute approximate surface area is 92.9 Å². The van der Waals surface area contributed by atoms with E-state index in [1.54, 1.807) is 0 Å². The van der Waals surface area contributed by atoms with E-state index in [-0.39, 0.29) is 17.9 Å². The van der Waals surface area contributed by atoms with Gasteiger partial charge in [-0.25, -0.2) is 4.39 Å². The third-order valence-corrected chi connectivity index (χ3v) is 3.41. The van der Waals surface area contributed by atoms with Crippen LogP contribution in [0.15, 0.2) is 12.1 Å². The van der Waals surface area contributed by atoms with E-state index in [0.717, 1.165) is 6.07 Å². The van der Waals surface area contributed by atoms with Crippen LogP contribution in [0.3, 0.4) is 0 Å². The van der Waals surface area contributed by atoms with Gasteiger partial charge in [0, 0.05) is 11.5 Å². The molecule has 0 amide bonds. The van der Waals surface area contributed by atoms with Gasteiger partial charge in [-0.1, -0.05) is 13.0 Å². The van der Waals surface area contributed by atoms with Crippen molar-refractivity contribution in [3.63, 3.8) is 0 Å². The van der Waals surface area contributed by atoms with Crippen molar-refractivity contribution < 1.29 is 18.6 Å². The number of benzene rings is 1. The molecular formula is C12H14F2O2. The fourth-order valence-electron chi connectivity index (χ4n) is 2.11. The Morgan fingerprint density at radius 3 is 2.56 bits per heavy atom. The SMILES string of the molecule is C[C@H]1[C@@H](c2ccc(F)c(F)c2O)CO[C@@H]1C. The number of hydrogen-bond donors (Lipinski definition) is 1. The lowest BCUT2D eigenvalue weighted by Crippen LogP contribution is -2.13. The summed E-state index contributed by atoms with van der Waals surface area (Å²) in [5.74, 6) is -2.69. The van der Waals surface area contributed by atoms with Crippen LogP contribution in [-0.2, 0) is 4.74 Å². The second-order valence-electron chi connectivity index (χ2n) is 4.30. The van der Waals surface area contributed by atoms with Gasteiger partial charge >= 0.3 is 0 Å². The monoisotopic (exact) mass is 228 g/mol. The number of ether oxygens (including phenoxy) is 1. The van der Waals surface area contributed by atoms with E-state index in [2.05, 4.69) is 0 Å². The van der Waals surface area contributed by atoms with Gasteiger partial charge in [0.2, 0.25) is 5.82 Å². The highest BCUT2D eigenvalue weighted by molar-refractivity contribution is 5.38. The predicted octanol–water partition coefficient (Wildman–Crippen LogP) is 2.81. The third kappa shape index (κ3) is 1.67. The Morgan fingerprint density at radius 2 is 2.00 bits per heavy atom. The molecule has 3 atom stereocenters. The standard InChI is InChI=1S/C12H14F2O2/c1-6-7(2)16-5-9(6)8-3-4-10(13)11(14)12(8)15/h3-4,6-7,9,15H,5H2,1-2H3/t6-,7-,9+/m1/s1. The molecule has 0 saturated carbocycles. The number of phenolic OH excluding ortho intramolecular Hbond substituents is 1. The summed E-state index contributed by atoms with van der Waals surface area (Å²) in [5, 5.41) is 9.57. The molecule has 0 bridgehead atoms. The lowest BCUT2D eigenvalue weighted by molar-refractivity contribution is 0.109. The summed E-state index contributed by atoms with van der Waals surface area (Å²) in [6.45, 7) is 4.34. The van der Waals surface area contributed by atoms with Gasteiger partial charge in [-0.2, -0.15) is 4.39 Å². The van der Waals surface area contributed by atoms with Gasteiger partial charge in [0.1, 0.15) is 0 Å². The minimum atomic E-state index is -1.18. The van der Waals surface area contributed by atoms with Gasteiger partial charge in [0.15, 0.2) is 11.6 Å². The van der Waals surface area contributed by atoms with Crippen LogP contribution in [-0.4, -0.2) is 17.8 Å². The maximum atomic E-state index is 13.2. The zero-order chi connectivity index (χ0) is 11.9. The molecule has 1 aromatic rings. The number of aromatic hydroxyl groups is 1. The van der Waals surface area contributed by atoms with Crippen molar-refractivity contribution in [3.8, 4) is 5.75 Å². The normalized spacial score (nSPS) is 29.6. The van der Waals surface area contributed by atoms with Crippen LogP contribution in [0, 0.1) is 17.6 Å². The number of rotatable bonds is 1. The smallest absolute Gasteiger partial charge is 0.200 e. The van der Waals surface area contributed by atoms with Crippen LogP contribution in [0.25, 0.3) is 0 Å². The van der Waals surface area contributed by atoms with Gasteiger partial charge in [-0.15, -0.1) is 0 Å². The van der Waals surface area contributed by atoms with Crippen LogP contribution in [0.2, 0.25) is 0 Å². The molecule has 1 N–H and O–H groups in total. The van der Waals surface area contributed by atoms with Gasteiger partial charge in [0.25, 0.3) is 0 Å². The van der Waals surface area contributed by atoms with Gasteiger partial charge in [0.05, 0.1) is 12.7 Å². The molecule has 1 heterocycles. The highest BCUT2D eigenvalue weighted by Gasteiger charge is 2.34. The van der Waals surface area contributed by atoms with E-state index >= 15 is 0 Å². The summed E-state index contributed by atoms with van der Waals surface area (Å²) in [6, 6.07) is 2.47. The molecule has 0 aliphatic carbocycles. The first kappa shape index (κ1) is 11.3. The molecule has 0 radical (unpaired) electrons. The zero-order valence-corrected chi connectivity index (χ0v) is 9.21. The molecule has 0 unspecified atom stereocenters. The molecule has 0 aromatic heterocycles. The van der Waals surface area contributed by atoms with E-state index in [0.29, 0.717) is 12.2 Å². The van der Waals surface area contributed by atoms with Crippen molar-refractivity contribution in [2.45, 2.75) is 25.9 Å². The van der Waals surface area contributed by atoms with Gasteiger partial charge in [-0.05, 0) is 18.9 Å². The van der Waals surface area contributed by atoms with Crippen molar-refractivity contribution >= 4 is 0 Å². The lowest BCUT2D eigenvalue weighted by Gasteiger charge is -2.17. The van der Waals surface area contributed by atoms with E-state index in [9.17, 15) is 13.9 Å². The second kappa shape index (κ2) is 4.01. The number of hydrogen-bond acceptors (Lipinski definition) is 2.